The van der Waals surface area contributed by atoms with Crippen LogP contribution in [0.4, 0.5) is 5.69 Å². The Morgan fingerprint density at radius 1 is 1.11 bits per heavy atom. The van der Waals surface area contributed by atoms with Crippen molar-refractivity contribution in [3.63, 3.8) is 0 Å². The second kappa shape index (κ2) is 10.4. The SMILES string of the molecule is CCCCCCc1c(C)nn(C(=O)CCC(=O)Nc2cccc(Cl)c2C)c1C. The maximum absolute atomic E-state index is 12.6. The third-order valence-electron chi connectivity index (χ3n) is 5.07. The molecule has 2 rings (SSSR count). The topological polar surface area (TPSA) is 64.0 Å². The molecule has 0 spiro atoms. The average Bonchev–Trinajstić information content (AvgIpc) is 2.95. The van der Waals surface area contributed by atoms with Crippen molar-refractivity contribution in [1.82, 2.24) is 9.78 Å². The molecule has 0 aliphatic rings. The Balaban J connectivity index is 1.93. The van der Waals surface area contributed by atoms with Gasteiger partial charge in [0.25, 0.3) is 0 Å². The molecular formula is C22H30ClN3O2. The van der Waals surface area contributed by atoms with Crippen molar-refractivity contribution < 1.29 is 9.59 Å². The summed E-state index contributed by atoms with van der Waals surface area (Å²) in [6.07, 6.45) is 5.89. The number of halogens is 1. The number of amides is 1. The Labute approximate surface area is 172 Å². The van der Waals surface area contributed by atoms with Crippen LogP contribution in [0.5, 0.6) is 0 Å². The summed E-state index contributed by atoms with van der Waals surface area (Å²) in [6.45, 7) is 7.92. The van der Waals surface area contributed by atoms with Crippen molar-refractivity contribution in [2.75, 3.05) is 5.32 Å². The highest BCUT2D eigenvalue weighted by Crippen LogP contribution is 2.23. The van der Waals surface area contributed by atoms with Gasteiger partial charge in [-0.1, -0.05) is 43.9 Å². The van der Waals surface area contributed by atoms with Crippen LogP contribution >= 0.6 is 11.6 Å². The van der Waals surface area contributed by atoms with E-state index < -0.39 is 0 Å². The summed E-state index contributed by atoms with van der Waals surface area (Å²) in [7, 11) is 0. The first-order chi connectivity index (χ1) is 13.3. The minimum absolute atomic E-state index is 0.106. The van der Waals surface area contributed by atoms with E-state index in [1.807, 2.05) is 20.8 Å². The van der Waals surface area contributed by atoms with E-state index in [4.69, 9.17) is 11.6 Å². The van der Waals surface area contributed by atoms with Gasteiger partial charge in [-0.3, -0.25) is 9.59 Å². The number of carbonyl (C=O) groups excluding carboxylic acids is 2. The number of rotatable bonds is 9. The molecule has 0 atom stereocenters. The van der Waals surface area contributed by atoms with Gasteiger partial charge in [0.15, 0.2) is 0 Å². The molecule has 1 heterocycles. The highest BCUT2D eigenvalue weighted by molar-refractivity contribution is 6.31. The molecule has 0 unspecified atom stereocenters. The van der Waals surface area contributed by atoms with Gasteiger partial charge in [0.05, 0.1) is 5.69 Å². The largest absolute Gasteiger partial charge is 0.326 e. The lowest BCUT2D eigenvalue weighted by Crippen LogP contribution is -2.19. The zero-order chi connectivity index (χ0) is 20.7. The Morgan fingerprint density at radius 3 is 2.57 bits per heavy atom. The van der Waals surface area contributed by atoms with Gasteiger partial charge < -0.3 is 5.32 Å². The summed E-state index contributed by atoms with van der Waals surface area (Å²) in [4.78, 5) is 24.8. The van der Waals surface area contributed by atoms with Gasteiger partial charge in [-0.25, -0.2) is 4.68 Å². The molecule has 152 valence electrons. The van der Waals surface area contributed by atoms with Gasteiger partial charge in [-0.2, -0.15) is 5.10 Å². The van der Waals surface area contributed by atoms with Crippen LogP contribution in [0.15, 0.2) is 18.2 Å². The molecule has 0 bridgehead atoms. The summed E-state index contributed by atoms with van der Waals surface area (Å²) >= 11 is 6.08. The van der Waals surface area contributed by atoms with E-state index in [2.05, 4.69) is 17.3 Å². The average molecular weight is 404 g/mol. The van der Waals surface area contributed by atoms with Gasteiger partial charge >= 0.3 is 0 Å². The Kier molecular flexibility index (Phi) is 8.24. The molecule has 0 aliphatic carbocycles. The fourth-order valence-corrected chi connectivity index (χ4v) is 3.46. The molecule has 1 N–H and O–H groups in total. The summed E-state index contributed by atoms with van der Waals surface area (Å²) in [5, 5.41) is 7.84. The number of hydrogen-bond acceptors (Lipinski definition) is 3. The van der Waals surface area contributed by atoms with Gasteiger partial charge in [0.2, 0.25) is 11.8 Å². The molecule has 6 heteroatoms. The molecule has 5 nitrogen and oxygen atoms in total. The zero-order valence-electron chi connectivity index (χ0n) is 17.3. The number of nitrogens with one attached hydrogen (secondary N) is 1. The molecule has 0 fully saturated rings. The van der Waals surface area contributed by atoms with Crippen LogP contribution in [0.1, 0.15) is 72.8 Å². The van der Waals surface area contributed by atoms with E-state index in [0.717, 1.165) is 35.4 Å². The van der Waals surface area contributed by atoms with E-state index >= 15 is 0 Å². The monoisotopic (exact) mass is 403 g/mol. The molecule has 0 saturated heterocycles. The summed E-state index contributed by atoms with van der Waals surface area (Å²) in [5.74, 6) is -0.363. The molecule has 1 amide bonds. The van der Waals surface area contributed by atoms with Crippen LogP contribution in [0.25, 0.3) is 0 Å². The zero-order valence-corrected chi connectivity index (χ0v) is 18.0. The number of hydrogen-bond donors (Lipinski definition) is 1. The maximum Gasteiger partial charge on any atom is 0.247 e. The van der Waals surface area contributed by atoms with E-state index in [0.29, 0.717) is 10.7 Å². The third-order valence-corrected chi connectivity index (χ3v) is 5.47. The molecular weight excluding hydrogens is 374 g/mol. The third kappa shape index (κ3) is 5.68. The number of nitrogens with zero attached hydrogens (tertiary/aromatic N) is 2. The number of aromatic nitrogens is 2. The van der Waals surface area contributed by atoms with E-state index in [1.165, 1.54) is 23.9 Å². The minimum Gasteiger partial charge on any atom is -0.326 e. The maximum atomic E-state index is 12.6. The number of benzene rings is 1. The summed E-state index contributed by atoms with van der Waals surface area (Å²) in [6, 6.07) is 5.36. The minimum atomic E-state index is -0.208. The van der Waals surface area contributed by atoms with Gasteiger partial charge in [-0.05, 0) is 56.9 Å². The second-order valence-electron chi connectivity index (χ2n) is 7.23. The highest BCUT2D eigenvalue weighted by Gasteiger charge is 2.17. The van der Waals surface area contributed by atoms with Crippen molar-refractivity contribution in [3.8, 4) is 0 Å². The van der Waals surface area contributed by atoms with Gasteiger partial charge in [0.1, 0.15) is 0 Å². The van der Waals surface area contributed by atoms with Gasteiger partial charge in [0, 0.05) is 29.2 Å². The quantitative estimate of drug-likeness (QED) is 0.550. The standard InChI is InChI=1S/C22H30ClN3O2/c1-5-6-7-8-10-18-16(3)25-26(17(18)4)22(28)14-13-21(27)24-20-12-9-11-19(23)15(20)2/h9,11-12H,5-8,10,13-14H2,1-4H3,(H,24,27). The lowest BCUT2D eigenvalue weighted by molar-refractivity contribution is -0.116. The van der Waals surface area contributed by atoms with Crippen molar-refractivity contribution in [3.05, 3.63) is 45.7 Å². The first kappa shape index (κ1) is 22.2. The second-order valence-corrected chi connectivity index (χ2v) is 7.63. The van der Waals surface area contributed by atoms with E-state index in [9.17, 15) is 9.59 Å². The summed E-state index contributed by atoms with van der Waals surface area (Å²) in [5.41, 5.74) is 4.44. The molecule has 0 aliphatic heterocycles. The lowest BCUT2D eigenvalue weighted by Gasteiger charge is -2.09. The van der Waals surface area contributed by atoms with E-state index in [1.54, 1.807) is 18.2 Å². The molecule has 1 aromatic heterocycles. The van der Waals surface area contributed by atoms with Crippen molar-refractivity contribution >= 4 is 29.1 Å². The number of anilines is 1. The number of carbonyl (C=O) groups is 2. The van der Waals surface area contributed by atoms with E-state index in [-0.39, 0.29) is 24.7 Å². The molecule has 1 aromatic carbocycles. The molecule has 0 saturated carbocycles. The van der Waals surface area contributed by atoms with Crippen LogP contribution in [0.3, 0.4) is 0 Å². The Bertz CT molecular complexity index is 843. The molecule has 28 heavy (non-hydrogen) atoms. The van der Waals surface area contributed by atoms with Gasteiger partial charge in [-0.15, -0.1) is 0 Å². The lowest BCUT2D eigenvalue weighted by atomic mass is 10.0. The molecule has 2 aromatic rings. The van der Waals surface area contributed by atoms with Crippen LogP contribution in [0, 0.1) is 20.8 Å². The highest BCUT2D eigenvalue weighted by atomic mass is 35.5. The normalized spacial score (nSPS) is 10.9. The number of unbranched alkanes of at least 4 members (excludes halogenated alkanes) is 3. The van der Waals surface area contributed by atoms with Crippen LogP contribution in [-0.2, 0) is 11.2 Å². The van der Waals surface area contributed by atoms with Crippen LogP contribution in [-0.4, -0.2) is 21.6 Å². The fourth-order valence-electron chi connectivity index (χ4n) is 3.29. The van der Waals surface area contributed by atoms with Crippen LogP contribution in [0.2, 0.25) is 5.02 Å². The first-order valence-electron chi connectivity index (χ1n) is 9.98. The van der Waals surface area contributed by atoms with Crippen molar-refractivity contribution in [1.29, 1.82) is 0 Å². The number of aryl methyl sites for hydroxylation is 1. The predicted molar refractivity (Wildman–Crippen MR) is 114 cm³/mol. The summed E-state index contributed by atoms with van der Waals surface area (Å²) < 4.78 is 1.46. The van der Waals surface area contributed by atoms with Crippen molar-refractivity contribution in [2.45, 2.75) is 72.6 Å². The molecule has 0 radical (unpaired) electrons. The first-order valence-corrected chi connectivity index (χ1v) is 10.4. The smallest absolute Gasteiger partial charge is 0.247 e. The predicted octanol–water partition coefficient (Wildman–Crippen LogP) is 5.64. The van der Waals surface area contributed by atoms with Crippen LogP contribution < -0.4 is 5.32 Å². The van der Waals surface area contributed by atoms with Crippen molar-refractivity contribution in [2.24, 2.45) is 0 Å². The Hall–Kier alpha value is -2.14. The fraction of sp³-hybridized carbons (Fsp3) is 0.500. The Morgan fingerprint density at radius 2 is 1.86 bits per heavy atom.